The number of aromatic hydroxyl groups is 1. The van der Waals surface area contributed by atoms with Gasteiger partial charge in [0.25, 0.3) is 0 Å². The summed E-state index contributed by atoms with van der Waals surface area (Å²) in [5.41, 5.74) is 5.25. The number of alkyl halides is 2. The molecule has 0 saturated carbocycles. The van der Waals surface area contributed by atoms with Crippen LogP contribution in [0.3, 0.4) is 0 Å². The Morgan fingerprint density at radius 3 is 1.87 bits per heavy atom. The van der Waals surface area contributed by atoms with Crippen LogP contribution in [0.1, 0.15) is 85.0 Å². The zero-order chi connectivity index (χ0) is 44.5. The van der Waals surface area contributed by atoms with Crippen molar-refractivity contribution in [3.05, 3.63) is 134 Å². The first-order valence-electron chi connectivity index (χ1n) is 20.0. The molecular formula is C48H53Cl2F2N3O6. The summed E-state index contributed by atoms with van der Waals surface area (Å²) in [6, 6.07) is 22.3. The van der Waals surface area contributed by atoms with Crippen LogP contribution in [0.5, 0.6) is 23.0 Å². The van der Waals surface area contributed by atoms with Gasteiger partial charge in [-0.1, -0.05) is 59.6 Å². The van der Waals surface area contributed by atoms with Gasteiger partial charge in [-0.25, -0.2) is 8.78 Å². The monoisotopic (exact) mass is 875 g/mol. The van der Waals surface area contributed by atoms with Gasteiger partial charge >= 0.3 is 0 Å². The zero-order valence-electron chi connectivity index (χ0n) is 35.3. The van der Waals surface area contributed by atoms with Crippen molar-refractivity contribution in [1.29, 1.82) is 5.26 Å². The van der Waals surface area contributed by atoms with Gasteiger partial charge in [-0.15, -0.1) is 0 Å². The highest BCUT2D eigenvalue weighted by Crippen LogP contribution is 2.37. The largest absolute Gasteiger partial charge is 0.507 e. The molecule has 61 heavy (non-hydrogen) atoms. The molecular weight excluding hydrogens is 823 g/mol. The Morgan fingerprint density at radius 1 is 0.738 bits per heavy atom. The van der Waals surface area contributed by atoms with Crippen molar-refractivity contribution < 1.29 is 38.3 Å². The van der Waals surface area contributed by atoms with Crippen LogP contribution in [0.4, 0.5) is 8.78 Å². The normalized spacial score (nSPS) is 12.8. The minimum atomic E-state index is -1.49. The van der Waals surface area contributed by atoms with Crippen molar-refractivity contribution in [3.63, 3.8) is 0 Å². The molecule has 13 heteroatoms. The van der Waals surface area contributed by atoms with E-state index in [-0.39, 0.29) is 45.1 Å². The minimum Gasteiger partial charge on any atom is -0.507 e. The smallest absolute Gasteiger partial charge is 0.142 e. The maximum Gasteiger partial charge on any atom is 0.142 e. The van der Waals surface area contributed by atoms with E-state index in [1.807, 2.05) is 50.2 Å². The van der Waals surface area contributed by atoms with E-state index in [4.69, 9.17) is 37.4 Å². The summed E-state index contributed by atoms with van der Waals surface area (Å²) in [6.45, 7) is 10.3. The fourth-order valence-corrected chi connectivity index (χ4v) is 7.11. The molecule has 0 unspecified atom stereocenters. The number of aryl methyl sites for hydroxylation is 1. The number of rotatable bonds is 20. The molecule has 4 N–H and O–H groups in total. The van der Waals surface area contributed by atoms with Gasteiger partial charge in [0.2, 0.25) is 0 Å². The number of phenols is 1. The number of benzene rings is 4. The summed E-state index contributed by atoms with van der Waals surface area (Å²) in [7, 11) is 0. The fourth-order valence-electron chi connectivity index (χ4n) is 6.62. The number of nitrogens with zero attached hydrogens (tertiary/aromatic N) is 2. The molecule has 5 aromatic rings. The van der Waals surface area contributed by atoms with Gasteiger partial charge in [0.1, 0.15) is 61.2 Å². The number of aromatic nitrogens is 1. The van der Waals surface area contributed by atoms with Crippen LogP contribution in [0.25, 0.3) is 11.1 Å². The molecule has 0 spiro atoms. The lowest BCUT2D eigenvalue weighted by molar-refractivity contribution is -0.00732. The number of halogens is 4. The first-order chi connectivity index (χ1) is 28.8. The number of ether oxygens (including phenoxy) is 3. The molecule has 2 atom stereocenters. The van der Waals surface area contributed by atoms with E-state index >= 15 is 0 Å². The minimum absolute atomic E-state index is 0.0544. The second kappa shape index (κ2) is 20.7. The summed E-state index contributed by atoms with van der Waals surface area (Å²) < 4.78 is 47.4. The number of hydrogen-bond acceptors (Lipinski definition) is 9. The van der Waals surface area contributed by atoms with Crippen LogP contribution in [0.2, 0.25) is 10.0 Å². The third-order valence-electron chi connectivity index (χ3n) is 10.6. The Bertz CT molecular complexity index is 2340. The molecule has 4 aromatic carbocycles. The molecule has 9 nitrogen and oxygen atoms in total. The van der Waals surface area contributed by atoms with Crippen molar-refractivity contribution in [3.8, 4) is 40.2 Å². The Hall–Kier alpha value is -4.96. The van der Waals surface area contributed by atoms with E-state index in [0.717, 1.165) is 38.9 Å². The van der Waals surface area contributed by atoms with Gasteiger partial charge in [-0.3, -0.25) is 4.98 Å². The number of phenolic OH excluding ortho intramolecular Hbond substituents is 1. The summed E-state index contributed by atoms with van der Waals surface area (Å²) in [6.07, 6.45) is 1.26. The SMILES string of the molecule is Cc1c(COc2cc(O)c(CNC[C@@H](F)C(C)(C)O)cc2Cl)cccc1-c1cccc(COc2cc(OCc3cncc(C#N)c3)c(CCC[C@@H](F)C(C)(C)O)cc2Cl)c1C. The number of nitrogens with one attached hydrogen (secondary N) is 1. The van der Waals surface area contributed by atoms with E-state index in [0.29, 0.717) is 56.8 Å². The molecule has 0 amide bonds. The van der Waals surface area contributed by atoms with Crippen LogP contribution in [-0.2, 0) is 32.8 Å². The molecule has 0 fully saturated rings. The number of pyridine rings is 1. The number of nitriles is 1. The third-order valence-corrected chi connectivity index (χ3v) is 11.2. The molecule has 0 aliphatic rings. The highest BCUT2D eigenvalue weighted by atomic mass is 35.5. The van der Waals surface area contributed by atoms with E-state index in [1.54, 1.807) is 30.5 Å². The molecule has 1 heterocycles. The topological polar surface area (TPSA) is 137 Å². The third kappa shape index (κ3) is 12.8. The van der Waals surface area contributed by atoms with E-state index in [9.17, 15) is 29.4 Å². The summed E-state index contributed by atoms with van der Waals surface area (Å²) >= 11 is 13.3. The van der Waals surface area contributed by atoms with Gasteiger partial charge in [0, 0.05) is 48.7 Å². The number of hydrogen-bond donors (Lipinski definition) is 4. The first-order valence-corrected chi connectivity index (χ1v) is 20.8. The van der Waals surface area contributed by atoms with Crippen LogP contribution < -0.4 is 19.5 Å². The Labute approximate surface area is 366 Å². The first kappa shape index (κ1) is 47.1. The van der Waals surface area contributed by atoms with Crippen LogP contribution >= 0.6 is 23.2 Å². The molecule has 5 rings (SSSR count). The molecule has 0 bridgehead atoms. The van der Waals surface area contributed by atoms with Crippen molar-refractivity contribution in [2.75, 3.05) is 6.54 Å². The molecule has 0 aliphatic carbocycles. The van der Waals surface area contributed by atoms with Gasteiger partial charge in [0.05, 0.1) is 26.8 Å². The molecule has 0 saturated heterocycles. The standard InChI is InChI=1S/C48H53Cl2F2N3O6/c1-29-34(27-60-43-19-41(56)36(18-40(43)50)24-55-25-46(52)48(5,6)58)11-7-13-37(29)38-14-8-12-35(30(38)2)28-61-44-20-42(59-26-32-16-31(21-53)22-54-23-32)33(17-39(44)49)10-9-15-45(51)47(3,4)57/h7-8,11-14,16-20,22-23,45-46,55-58H,9-10,15,24-28H2,1-6H3/t45-,46-/m1/s1. The van der Waals surface area contributed by atoms with Crippen LogP contribution in [0, 0.1) is 25.2 Å². The Kier molecular flexibility index (Phi) is 16.0. The summed E-state index contributed by atoms with van der Waals surface area (Å²) in [5, 5.41) is 43.5. The summed E-state index contributed by atoms with van der Waals surface area (Å²) in [4.78, 5) is 4.12. The summed E-state index contributed by atoms with van der Waals surface area (Å²) in [5.74, 6) is 1.14. The average molecular weight is 877 g/mol. The maximum absolute atomic E-state index is 14.6. The zero-order valence-corrected chi connectivity index (χ0v) is 36.8. The van der Waals surface area contributed by atoms with Crippen LogP contribution in [0.15, 0.2) is 79.1 Å². The van der Waals surface area contributed by atoms with E-state index in [2.05, 4.69) is 16.4 Å². The highest BCUT2D eigenvalue weighted by Gasteiger charge is 2.27. The lowest BCUT2D eigenvalue weighted by Crippen LogP contribution is -2.40. The second-order valence-corrected chi connectivity index (χ2v) is 17.1. The molecule has 0 radical (unpaired) electrons. The lowest BCUT2D eigenvalue weighted by atomic mass is 9.92. The molecule has 1 aromatic heterocycles. The van der Waals surface area contributed by atoms with E-state index in [1.165, 1.54) is 40.0 Å². The Morgan fingerprint density at radius 2 is 1.30 bits per heavy atom. The van der Waals surface area contributed by atoms with Crippen LogP contribution in [-0.4, -0.2) is 50.4 Å². The van der Waals surface area contributed by atoms with Crippen molar-refractivity contribution in [1.82, 2.24) is 10.3 Å². The van der Waals surface area contributed by atoms with Crippen molar-refractivity contribution in [2.24, 2.45) is 0 Å². The highest BCUT2D eigenvalue weighted by molar-refractivity contribution is 6.32. The van der Waals surface area contributed by atoms with Gasteiger partial charge in [0.15, 0.2) is 0 Å². The molecule has 324 valence electrons. The number of aliphatic hydroxyl groups is 2. The van der Waals surface area contributed by atoms with Gasteiger partial charge < -0.3 is 34.8 Å². The van der Waals surface area contributed by atoms with Crippen molar-refractivity contribution in [2.45, 2.75) is 111 Å². The maximum atomic E-state index is 14.6. The Balaban J connectivity index is 1.30. The predicted octanol–water partition coefficient (Wildman–Crippen LogP) is 10.6. The fraction of sp³-hybridized carbons (Fsp3) is 0.375. The van der Waals surface area contributed by atoms with Gasteiger partial charge in [-0.2, -0.15) is 5.26 Å². The average Bonchev–Trinajstić information content (AvgIpc) is 3.21. The van der Waals surface area contributed by atoms with Crippen molar-refractivity contribution >= 4 is 23.2 Å². The second-order valence-electron chi connectivity index (χ2n) is 16.3. The predicted molar refractivity (Wildman–Crippen MR) is 235 cm³/mol. The van der Waals surface area contributed by atoms with E-state index < -0.39 is 23.5 Å². The lowest BCUT2D eigenvalue weighted by Gasteiger charge is -2.22. The molecule has 0 aliphatic heterocycles. The van der Waals surface area contributed by atoms with Gasteiger partial charge in [-0.05, 0) is 118 Å². The quantitative estimate of drug-likeness (QED) is 0.0602.